The molecule has 0 aliphatic heterocycles. The summed E-state index contributed by atoms with van der Waals surface area (Å²) >= 11 is 1.26. The summed E-state index contributed by atoms with van der Waals surface area (Å²) in [7, 11) is 0. The number of ketones is 1. The third-order valence-electron chi connectivity index (χ3n) is 3.48. The van der Waals surface area contributed by atoms with Crippen LogP contribution in [0.1, 0.15) is 22.8 Å². The van der Waals surface area contributed by atoms with Crippen molar-refractivity contribution in [2.45, 2.75) is 24.3 Å². The van der Waals surface area contributed by atoms with Crippen LogP contribution in [0.2, 0.25) is 0 Å². The number of imidazole rings is 1. The molecule has 0 saturated heterocycles. The smallest absolute Gasteiger partial charge is 0.176 e. The van der Waals surface area contributed by atoms with Gasteiger partial charge in [-0.3, -0.25) is 4.79 Å². The number of nitrogens with zero attached hydrogens (tertiary/aromatic N) is 1. The van der Waals surface area contributed by atoms with Crippen LogP contribution < -0.4 is 0 Å². The molecule has 3 aromatic rings. The highest BCUT2D eigenvalue weighted by atomic mass is 32.2. The highest BCUT2D eigenvalue weighted by Crippen LogP contribution is 2.26. The molecule has 2 aromatic carbocycles. The Morgan fingerprint density at radius 3 is 2.70 bits per heavy atom. The number of nitrogens with one attached hydrogen (secondary N) is 1. The van der Waals surface area contributed by atoms with Gasteiger partial charge in [0.05, 0.1) is 16.3 Å². The minimum atomic E-state index is -1.02. The number of halogens is 2. The number of carbonyl (C=O) groups is 1. The maximum atomic E-state index is 13.3. The van der Waals surface area contributed by atoms with Gasteiger partial charge >= 0.3 is 0 Å². The summed E-state index contributed by atoms with van der Waals surface area (Å²) in [5.41, 5.74) is 2.99. The number of Topliss-reactive ketones (excluding diaryl/α,β-unsaturated/α-hetero) is 1. The van der Waals surface area contributed by atoms with Crippen LogP contribution in [-0.2, 0) is 0 Å². The van der Waals surface area contributed by atoms with Crippen molar-refractivity contribution in [2.75, 3.05) is 0 Å². The average Bonchev–Trinajstić information content (AvgIpc) is 2.90. The monoisotopic (exact) mass is 332 g/mol. The largest absolute Gasteiger partial charge is 0.333 e. The molecule has 0 amide bonds. The van der Waals surface area contributed by atoms with Gasteiger partial charge in [0.15, 0.2) is 22.6 Å². The molecule has 0 saturated carbocycles. The van der Waals surface area contributed by atoms with E-state index in [0.29, 0.717) is 5.16 Å². The molecule has 1 heterocycles. The lowest BCUT2D eigenvalue weighted by Gasteiger charge is -2.08. The number of aryl methyl sites for hydroxylation is 1. The fourth-order valence-corrected chi connectivity index (χ4v) is 3.16. The van der Waals surface area contributed by atoms with E-state index in [9.17, 15) is 13.6 Å². The normalized spacial score (nSPS) is 12.5. The molecule has 1 atom stereocenters. The lowest BCUT2D eigenvalue weighted by molar-refractivity contribution is 0.0993. The lowest BCUT2D eigenvalue weighted by Crippen LogP contribution is -2.14. The first kappa shape index (κ1) is 15.7. The second-order valence-electron chi connectivity index (χ2n) is 5.32. The SMILES string of the molecule is Cc1ccc2nc(S[C@H](C)C(=O)c3ccc(F)c(F)c3)[nH]c2c1. The number of H-pyrrole nitrogens is 1. The second kappa shape index (κ2) is 6.12. The first-order valence-electron chi connectivity index (χ1n) is 7.06. The minimum Gasteiger partial charge on any atom is -0.333 e. The number of fused-ring (bicyclic) bond motifs is 1. The van der Waals surface area contributed by atoms with Crippen molar-refractivity contribution >= 4 is 28.6 Å². The third-order valence-corrected chi connectivity index (χ3v) is 4.46. The molecular formula is C17H14F2N2OS. The molecule has 118 valence electrons. The highest BCUT2D eigenvalue weighted by molar-refractivity contribution is 8.00. The number of benzene rings is 2. The molecule has 0 aliphatic rings. The molecule has 6 heteroatoms. The van der Waals surface area contributed by atoms with Crippen LogP contribution in [0.25, 0.3) is 11.0 Å². The number of thioether (sulfide) groups is 1. The molecule has 0 spiro atoms. The third kappa shape index (κ3) is 3.27. The Morgan fingerprint density at radius 1 is 1.17 bits per heavy atom. The number of carbonyl (C=O) groups excluding carboxylic acids is 1. The molecule has 0 fully saturated rings. The predicted octanol–water partition coefficient (Wildman–Crippen LogP) is 4.51. The van der Waals surface area contributed by atoms with E-state index in [4.69, 9.17) is 0 Å². The van der Waals surface area contributed by atoms with Crippen LogP contribution in [-0.4, -0.2) is 21.0 Å². The maximum Gasteiger partial charge on any atom is 0.176 e. The van der Waals surface area contributed by atoms with E-state index >= 15 is 0 Å². The van der Waals surface area contributed by atoms with Crippen molar-refractivity contribution in [3.05, 3.63) is 59.2 Å². The summed E-state index contributed by atoms with van der Waals surface area (Å²) < 4.78 is 26.2. The fraction of sp³-hybridized carbons (Fsp3) is 0.176. The standard InChI is InChI=1S/C17H14F2N2OS/c1-9-3-6-14-15(7-9)21-17(20-14)23-10(2)16(22)11-4-5-12(18)13(19)8-11/h3-8,10H,1-2H3,(H,20,21)/t10-/m1/s1. The topological polar surface area (TPSA) is 45.8 Å². The zero-order valence-electron chi connectivity index (χ0n) is 12.6. The molecular weight excluding hydrogens is 318 g/mol. The minimum absolute atomic E-state index is 0.149. The number of aromatic amines is 1. The first-order chi connectivity index (χ1) is 10.9. The highest BCUT2D eigenvalue weighted by Gasteiger charge is 2.19. The summed E-state index contributed by atoms with van der Waals surface area (Å²) in [4.78, 5) is 19.9. The van der Waals surface area contributed by atoms with Crippen LogP contribution in [0.5, 0.6) is 0 Å². The Kier molecular flexibility index (Phi) is 4.17. The van der Waals surface area contributed by atoms with Crippen molar-refractivity contribution in [2.24, 2.45) is 0 Å². The van der Waals surface area contributed by atoms with Gasteiger partial charge in [0.1, 0.15) is 0 Å². The van der Waals surface area contributed by atoms with Crippen LogP contribution in [0.15, 0.2) is 41.6 Å². The van der Waals surface area contributed by atoms with Crippen LogP contribution >= 0.6 is 11.8 Å². The van der Waals surface area contributed by atoms with E-state index in [0.717, 1.165) is 28.7 Å². The fourth-order valence-electron chi connectivity index (χ4n) is 2.26. The van der Waals surface area contributed by atoms with Crippen molar-refractivity contribution in [1.82, 2.24) is 9.97 Å². The van der Waals surface area contributed by atoms with E-state index in [1.807, 2.05) is 25.1 Å². The molecule has 1 N–H and O–H groups in total. The van der Waals surface area contributed by atoms with Gasteiger partial charge in [-0.15, -0.1) is 0 Å². The molecule has 23 heavy (non-hydrogen) atoms. The van der Waals surface area contributed by atoms with Gasteiger partial charge in [0, 0.05) is 5.56 Å². The van der Waals surface area contributed by atoms with Crippen molar-refractivity contribution in [3.8, 4) is 0 Å². The number of rotatable bonds is 4. The summed E-state index contributed by atoms with van der Waals surface area (Å²) in [5, 5.41) is 0.149. The first-order valence-corrected chi connectivity index (χ1v) is 7.94. The molecule has 1 aromatic heterocycles. The summed E-state index contributed by atoms with van der Waals surface area (Å²) in [6.45, 7) is 3.70. The van der Waals surface area contributed by atoms with Gasteiger partial charge in [-0.2, -0.15) is 0 Å². The number of hydrogen-bond donors (Lipinski definition) is 1. The van der Waals surface area contributed by atoms with E-state index < -0.39 is 16.9 Å². The van der Waals surface area contributed by atoms with Crippen molar-refractivity contribution in [1.29, 1.82) is 0 Å². The summed E-state index contributed by atoms with van der Waals surface area (Å²) in [5.74, 6) is -2.26. The summed E-state index contributed by atoms with van der Waals surface area (Å²) in [6, 6.07) is 9.04. The van der Waals surface area contributed by atoms with Crippen LogP contribution in [0.3, 0.4) is 0 Å². The quantitative estimate of drug-likeness (QED) is 0.565. The Morgan fingerprint density at radius 2 is 1.96 bits per heavy atom. The van der Waals surface area contributed by atoms with Gasteiger partial charge < -0.3 is 4.98 Å². The maximum absolute atomic E-state index is 13.3. The predicted molar refractivity (Wildman–Crippen MR) is 86.8 cm³/mol. The molecule has 0 unspecified atom stereocenters. The Balaban J connectivity index is 1.80. The van der Waals surface area contributed by atoms with E-state index in [-0.39, 0.29) is 11.3 Å². The van der Waals surface area contributed by atoms with E-state index in [1.165, 1.54) is 17.8 Å². The number of aromatic nitrogens is 2. The van der Waals surface area contributed by atoms with Crippen LogP contribution in [0, 0.1) is 18.6 Å². The van der Waals surface area contributed by atoms with Crippen LogP contribution in [0.4, 0.5) is 8.78 Å². The molecule has 0 bridgehead atoms. The molecule has 0 aliphatic carbocycles. The lowest BCUT2D eigenvalue weighted by atomic mass is 10.1. The van der Waals surface area contributed by atoms with E-state index in [2.05, 4.69) is 9.97 Å². The summed E-state index contributed by atoms with van der Waals surface area (Å²) in [6.07, 6.45) is 0. The average molecular weight is 332 g/mol. The van der Waals surface area contributed by atoms with Crippen molar-refractivity contribution in [3.63, 3.8) is 0 Å². The number of hydrogen-bond acceptors (Lipinski definition) is 3. The van der Waals surface area contributed by atoms with Crippen molar-refractivity contribution < 1.29 is 13.6 Å². The molecule has 3 rings (SSSR count). The zero-order chi connectivity index (χ0) is 16.6. The Hall–Kier alpha value is -2.21. The zero-order valence-corrected chi connectivity index (χ0v) is 13.4. The van der Waals surface area contributed by atoms with Gasteiger partial charge in [-0.05, 0) is 49.7 Å². The Bertz CT molecular complexity index is 891. The Labute approximate surface area is 136 Å². The van der Waals surface area contributed by atoms with E-state index in [1.54, 1.807) is 6.92 Å². The second-order valence-corrected chi connectivity index (χ2v) is 6.65. The van der Waals surface area contributed by atoms with Gasteiger partial charge in [-0.25, -0.2) is 13.8 Å². The van der Waals surface area contributed by atoms with Gasteiger partial charge in [-0.1, -0.05) is 17.8 Å². The molecule has 3 nitrogen and oxygen atoms in total. The molecule has 0 radical (unpaired) electrons. The van der Waals surface area contributed by atoms with Gasteiger partial charge in [0.25, 0.3) is 0 Å². The van der Waals surface area contributed by atoms with Gasteiger partial charge in [0.2, 0.25) is 0 Å².